The van der Waals surface area contributed by atoms with Gasteiger partial charge in [0.15, 0.2) is 0 Å². The molecule has 0 atom stereocenters. The van der Waals surface area contributed by atoms with Gasteiger partial charge in [-0.25, -0.2) is 4.79 Å². The number of carbonyl (C=O) groups is 2. The number of aromatic nitrogens is 1. The SMILES string of the molecule is CCOC(=O)C(=O)c1ccc2ncccc2c1CBr. The Morgan fingerprint density at radius 2 is 2.11 bits per heavy atom. The maximum absolute atomic E-state index is 12.0. The molecule has 0 spiro atoms. The standard InChI is InChI=1S/C14H12BrNO3/c1-2-19-14(18)13(17)10-5-6-12-9(11(10)8-15)4-3-7-16-12/h3-7H,2,8H2,1H3. The molecular formula is C14H12BrNO3. The molecule has 5 heteroatoms. The molecule has 0 aliphatic carbocycles. The zero-order chi connectivity index (χ0) is 13.8. The van der Waals surface area contributed by atoms with Gasteiger partial charge in [0.2, 0.25) is 0 Å². The highest BCUT2D eigenvalue weighted by Gasteiger charge is 2.21. The summed E-state index contributed by atoms with van der Waals surface area (Å²) in [6.07, 6.45) is 1.69. The van der Waals surface area contributed by atoms with E-state index in [1.807, 2.05) is 6.07 Å². The summed E-state index contributed by atoms with van der Waals surface area (Å²) < 4.78 is 4.75. The van der Waals surface area contributed by atoms with E-state index in [0.717, 1.165) is 16.5 Å². The van der Waals surface area contributed by atoms with Gasteiger partial charge >= 0.3 is 5.97 Å². The van der Waals surface area contributed by atoms with Gasteiger partial charge in [-0.2, -0.15) is 0 Å². The number of Topliss-reactive ketones (excluding diaryl/α,β-unsaturated/α-hetero) is 1. The first-order valence-electron chi connectivity index (χ1n) is 5.83. The van der Waals surface area contributed by atoms with Crippen LogP contribution < -0.4 is 0 Å². The monoisotopic (exact) mass is 321 g/mol. The van der Waals surface area contributed by atoms with E-state index in [1.165, 1.54) is 0 Å². The van der Waals surface area contributed by atoms with E-state index < -0.39 is 11.8 Å². The van der Waals surface area contributed by atoms with E-state index >= 15 is 0 Å². The summed E-state index contributed by atoms with van der Waals surface area (Å²) in [6.45, 7) is 1.85. The maximum atomic E-state index is 12.0. The minimum absolute atomic E-state index is 0.184. The van der Waals surface area contributed by atoms with Crippen molar-refractivity contribution in [3.05, 3.63) is 41.6 Å². The number of alkyl halides is 1. The van der Waals surface area contributed by atoms with Gasteiger partial charge in [0.25, 0.3) is 5.78 Å². The Balaban J connectivity index is 2.55. The molecule has 0 radical (unpaired) electrons. The highest BCUT2D eigenvalue weighted by atomic mass is 79.9. The summed E-state index contributed by atoms with van der Waals surface area (Å²) in [5, 5.41) is 1.32. The lowest BCUT2D eigenvalue weighted by Gasteiger charge is -2.09. The Morgan fingerprint density at radius 1 is 1.32 bits per heavy atom. The summed E-state index contributed by atoms with van der Waals surface area (Å²) in [4.78, 5) is 27.8. The molecule has 0 saturated heterocycles. The molecule has 0 aliphatic heterocycles. The number of benzene rings is 1. The van der Waals surface area contributed by atoms with Gasteiger partial charge in [-0.05, 0) is 30.7 Å². The van der Waals surface area contributed by atoms with Crippen molar-refractivity contribution in [1.29, 1.82) is 0 Å². The number of pyridine rings is 1. The fourth-order valence-corrected chi connectivity index (χ4v) is 2.48. The summed E-state index contributed by atoms with van der Waals surface area (Å²) >= 11 is 3.35. The van der Waals surface area contributed by atoms with Gasteiger partial charge < -0.3 is 4.74 Å². The van der Waals surface area contributed by atoms with Crippen molar-refractivity contribution in [3.63, 3.8) is 0 Å². The third-order valence-corrected chi connectivity index (χ3v) is 3.30. The Morgan fingerprint density at radius 3 is 2.79 bits per heavy atom. The average molecular weight is 322 g/mol. The Labute approximate surface area is 118 Å². The predicted octanol–water partition coefficient (Wildman–Crippen LogP) is 2.88. The Bertz CT molecular complexity index is 640. The zero-order valence-corrected chi connectivity index (χ0v) is 11.9. The van der Waals surface area contributed by atoms with Crippen LogP contribution in [0.25, 0.3) is 10.9 Å². The number of ether oxygens (including phenoxy) is 1. The zero-order valence-electron chi connectivity index (χ0n) is 10.4. The van der Waals surface area contributed by atoms with Crippen LogP contribution in [0.15, 0.2) is 30.5 Å². The number of esters is 1. The molecule has 0 amide bonds. The normalized spacial score (nSPS) is 10.4. The van der Waals surface area contributed by atoms with Gasteiger partial charge in [0.1, 0.15) is 0 Å². The van der Waals surface area contributed by atoms with Crippen LogP contribution >= 0.6 is 15.9 Å². The van der Waals surface area contributed by atoms with Crippen LogP contribution in [0, 0.1) is 0 Å². The van der Waals surface area contributed by atoms with E-state index in [1.54, 1.807) is 31.3 Å². The van der Waals surface area contributed by atoms with Crippen molar-refractivity contribution in [2.24, 2.45) is 0 Å². The van der Waals surface area contributed by atoms with E-state index in [9.17, 15) is 9.59 Å². The molecule has 0 unspecified atom stereocenters. The second-order valence-electron chi connectivity index (χ2n) is 3.84. The quantitative estimate of drug-likeness (QED) is 0.376. The van der Waals surface area contributed by atoms with Gasteiger partial charge in [0.05, 0.1) is 12.1 Å². The van der Waals surface area contributed by atoms with E-state index in [-0.39, 0.29) is 6.61 Å². The Kier molecular flexibility index (Phi) is 4.27. The van der Waals surface area contributed by atoms with Gasteiger partial charge in [0, 0.05) is 22.5 Å². The second-order valence-corrected chi connectivity index (χ2v) is 4.41. The van der Waals surface area contributed by atoms with Crippen LogP contribution in [-0.4, -0.2) is 23.3 Å². The fourth-order valence-electron chi connectivity index (χ4n) is 1.88. The van der Waals surface area contributed by atoms with E-state index in [0.29, 0.717) is 10.9 Å². The molecule has 2 aromatic rings. The molecule has 2 rings (SSSR count). The molecule has 0 bridgehead atoms. The number of rotatable bonds is 4. The first kappa shape index (κ1) is 13.7. The van der Waals surface area contributed by atoms with Crippen LogP contribution in [0.2, 0.25) is 0 Å². The highest BCUT2D eigenvalue weighted by molar-refractivity contribution is 9.08. The Hall–Kier alpha value is -1.75. The minimum Gasteiger partial charge on any atom is -0.460 e. The first-order chi connectivity index (χ1) is 9.19. The number of carbonyl (C=O) groups excluding carboxylic acids is 2. The molecular weight excluding hydrogens is 310 g/mol. The number of nitrogens with zero attached hydrogens (tertiary/aromatic N) is 1. The number of fused-ring (bicyclic) bond motifs is 1. The molecule has 0 saturated carbocycles. The fraction of sp³-hybridized carbons (Fsp3) is 0.214. The first-order valence-corrected chi connectivity index (χ1v) is 6.95. The summed E-state index contributed by atoms with van der Waals surface area (Å²) in [7, 11) is 0. The van der Waals surface area contributed by atoms with E-state index in [2.05, 4.69) is 20.9 Å². The summed E-state index contributed by atoms with van der Waals surface area (Å²) in [6, 6.07) is 7.02. The largest absolute Gasteiger partial charge is 0.460 e. The van der Waals surface area contributed by atoms with Crippen molar-refractivity contribution in [2.45, 2.75) is 12.3 Å². The topological polar surface area (TPSA) is 56.3 Å². The molecule has 0 aliphatic rings. The number of hydrogen-bond acceptors (Lipinski definition) is 4. The predicted molar refractivity (Wildman–Crippen MR) is 75.3 cm³/mol. The van der Waals surface area contributed by atoms with Crippen LogP contribution in [0.3, 0.4) is 0 Å². The molecule has 1 heterocycles. The van der Waals surface area contributed by atoms with Gasteiger partial charge in [-0.3, -0.25) is 9.78 Å². The molecule has 1 aromatic heterocycles. The smallest absolute Gasteiger partial charge is 0.379 e. The highest BCUT2D eigenvalue weighted by Crippen LogP contribution is 2.24. The van der Waals surface area contributed by atoms with Crippen molar-refractivity contribution in [1.82, 2.24) is 4.98 Å². The number of halogens is 1. The second kappa shape index (κ2) is 5.93. The summed E-state index contributed by atoms with van der Waals surface area (Å²) in [5.41, 5.74) is 1.90. The molecule has 19 heavy (non-hydrogen) atoms. The van der Waals surface area contributed by atoms with Crippen LogP contribution in [-0.2, 0) is 14.9 Å². The lowest BCUT2D eigenvalue weighted by atomic mass is 10.00. The molecule has 0 N–H and O–H groups in total. The number of ketones is 1. The average Bonchev–Trinajstić information content (AvgIpc) is 2.45. The minimum atomic E-state index is -0.826. The molecule has 4 nitrogen and oxygen atoms in total. The lowest BCUT2D eigenvalue weighted by molar-refractivity contribution is -0.137. The van der Waals surface area contributed by atoms with Crippen molar-refractivity contribution < 1.29 is 14.3 Å². The summed E-state index contributed by atoms with van der Waals surface area (Å²) in [5.74, 6) is -1.45. The van der Waals surface area contributed by atoms with Gasteiger partial charge in [-0.15, -0.1) is 0 Å². The van der Waals surface area contributed by atoms with Crippen molar-refractivity contribution in [2.75, 3.05) is 6.61 Å². The van der Waals surface area contributed by atoms with Gasteiger partial charge in [-0.1, -0.05) is 22.0 Å². The van der Waals surface area contributed by atoms with Crippen LogP contribution in [0.5, 0.6) is 0 Å². The van der Waals surface area contributed by atoms with Crippen LogP contribution in [0.1, 0.15) is 22.8 Å². The van der Waals surface area contributed by atoms with Crippen molar-refractivity contribution >= 4 is 38.6 Å². The number of hydrogen-bond donors (Lipinski definition) is 0. The third-order valence-electron chi connectivity index (χ3n) is 2.74. The molecule has 1 aromatic carbocycles. The maximum Gasteiger partial charge on any atom is 0.379 e. The lowest BCUT2D eigenvalue weighted by Crippen LogP contribution is -2.19. The molecule has 98 valence electrons. The van der Waals surface area contributed by atoms with Crippen LogP contribution in [0.4, 0.5) is 0 Å². The van der Waals surface area contributed by atoms with E-state index in [4.69, 9.17) is 4.74 Å². The molecule has 0 fully saturated rings. The third kappa shape index (κ3) is 2.66. The van der Waals surface area contributed by atoms with Crippen molar-refractivity contribution in [3.8, 4) is 0 Å².